The summed E-state index contributed by atoms with van der Waals surface area (Å²) in [6, 6.07) is 1.95. The minimum atomic E-state index is -0.948. The van der Waals surface area contributed by atoms with Gasteiger partial charge in [-0.05, 0) is 54.8 Å². The maximum Gasteiger partial charge on any atom is 0.191 e. The summed E-state index contributed by atoms with van der Waals surface area (Å²) in [6.07, 6.45) is 2.12. The molecule has 2 heterocycles. The Morgan fingerprint density at radius 2 is 2.12 bits per heavy atom. The topological polar surface area (TPSA) is 65.9 Å². The number of aliphatic imine (C=N–C) groups is 1. The molecule has 1 fully saturated rings. The highest BCUT2D eigenvalue weighted by atomic mass is 127. The summed E-state index contributed by atoms with van der Waals surface area (Å²) in [6.45, 7) is 9.72. The monoisotopic (exact) mass is 513 g/mol. The van der Waals surface area contributed by atoms with E-state index in [1.807, 2.05) is 35.5 Å². The zero-order valence-corrected chi connectivity index (χ0v) is 19.9. The Bertz CT molecular complexity index is 527. The molecule has 1 unspecified atom stereocenters. The fourth-order valence-corrected chi connectivity index (χ4v) is 4.93. The lowest BCUT2D eigenvalue weighted by Gasteiger charge is -2.37. The van der Waals surface area contributed by atoms with Crippen LogP contribution < -0.4 is 10.6 Å². The van der Waals surface area contributed by atoms with Gasteiger partial charge in [0.05, 0.1) is 6.54 Å². The van der Waals surface area contributed by atoms with Crippen LogP contribution in [-0.4, -0.2) is 54.4 Å². The lowest BCUT2D eigenvalue weighted by atomic mass is 9.99. The first-order valence-electron chi connectivity index (χ1n) is 9.00. The first-order chi connectivity index (χ1) is 12.0. The number of rotatable bonds is 8. The van der Waals surface area contributed by atoms with E-state index in [1.54, 1.807) is 11.3 Å². The van der Waals surface area contributed by atoms with E-state index >= 15 is 0 Å². The molecule has 3 N–H and O–H groups in total. The largest absolute Gasteiger partial charge is 0.383 e. The summed E-state index contributed by atoms with van der Waals surface area (Å²) in [5, 5.41) is 21.4. The number of ether oxygens (including phenoxy) is 1. The molecule has 26 heavy (non-hydrogen) atoms. The van der Waals surface area contributed by atoms with E-state index in [9.17, 15) is 5.11 Å². The van der Waals surface area contributed by atoms with Crippen molar-refractivity contribution in [3.8, 4) is 0 Å². The van der Waals surface area contributed by atoms with Crippen LogP contribution in [0.3, 0.4) is 0 Å². The van der Waals surface area contributed by atoms with Gasteiger partial charge in [0, 0.05) is 31.1 Å². The van der Waals surface area contributed by atoms with E-state index in [0.717, 1.165) is 56.4 Å². The summed E-state index contributed by atoms with van der Waals surface area (Å²) >= 11 is 3.60. The van der Waals surface area contributed by atoms with Crippen molar-refractivity contribution in [2.75, 3.05) is 38.6 Å². The second kappa shape index (κ2) is 11.7. The van der Waals surface area contributed by atoms with Crippen molar-refractivity contribution in [2.24, 2.45) is 4.99 Å². The van der Waals surface area contributed by atoms with Crippen molar-refractivity contribution in [3.05, 3.63) is 22.4 Å². The van der Waals surface area contributed by atoms with Gasteiger partial charge in [-0.2, -0.15) is 23.1 Å². The van der Waals surface area contributed by atoms with Crippen LogP contribution >= 0.6 is 47.1 Å². The van der Waals surface area contributed by atoms with Gasteiger partial charge in [0.15, 0.2) is 5.96 Å². The second-order valence-electron chi connectivity index (χ2n) is 6.56. The molecular formula is C18H32IN3O2S2. The molecule has 1 aromatic heterocycles. The van der Waals surface area contributed by atoms with Crippen LogP contribution in [0.25, 0.3) is 0 Å². The summed E-state index contributed by atoms with van der Waals surface area (Å²) in [5.41, 5.74) is -0.0313. The van der Waals surface area contributed by atoms with E-state index < -0.39 is 5.60 Å². The number of hydrogen-bond acceptors (Lipinski definition) is 5. The molecule has 0 spiro atoms. The van der Waals surface area contributed by atoms with Crippen molar-refractivity contribution in [1.82, 2.24) is 10.6 Å². The number of hydrogen-bond donors (Lipinski definition) is 3. The van der Waals surface area contributed by atoms with E-state index in [4.69, 9.17) is 4.74 Å². The van der Waals surface area contributed by atoms with Crippen molar-refractivity contribution >= 4 is 53.0 Å². The summed E-state index contributed by atoms with van der Waals surface area (Å²) < 4.78 is 5.75. The minimum Gasteiger partial charge on any atom is -0.383 e. The van der Waals surface area contributed by atoms with Crippen molar-refractivity contribution < 1.29 is 9.84 Å². The third-order valence-corrected chi connectivity index (χ3v) is 6.60. The fourth-order valence-electron chi connectivity index (χ4n) is 2.90. The zero-order valence-electron chi connectivity index (χ0n) is 15.9. The molecule has 1 aliphatic rings. The summed E-state index contributed by atoms with van der Waals surface area (Å²) in [5.74, 6) is 1.86. The Morgan fingerprint density at radius 3 is 2.69 bits per heavy atom. The molecule has 0 aromatic carbocycles. The van der Waals surface area contributed by atoms with Gasteiger partial charge in [-0.15, -0.1) is 24.0 Å². The van der Waals surface area contributed by atoms with Gasteiger partial charge >= 0.3 is 0 Å². The van der Waals surface area contributed by atoms with Crippen molar-refractivity contribution in [1.29, 1.82) is 0 Å². The van der Waals surface area contributed by atoms with Gasteiger partial charge in [0.25, 0.3) is 0 Å². The number of halogens is 1. The molecule has 1 aliphatic heterocycles. The first kappa shape index (κ1) is 24.0. The third kappa shape index (κ3) is 7.18. The number of thiophene rings is 1. The van der Waals surface area contributed by atoms with Gasteiger partial charge in [-0.1, -0.05) is 6.92 Å². The Kier molecular flexibility index (Phi) is 10.8. The molecule has 5 nitrogen and oxygen atoms in total. The lowest BCUT2D eigenvalue weighted by molar-refractivity contribution is 0.0676. The standard InChI is InChI=1S/C18H31N3O2S2.HI/c1-4-19-16(20-13-17(3,22)15-6-11-24-12-15)21-14-18(25-5-2)7-9-23-10-8-18;/h6,11-12,22H,4-5,7-10,13-14H2,1-3H3,(H2,19,20,21);1H. The van der Waals surface area contributed by atoms with Crippen LogP contribution in [0.4, 0.5) is 0 Å². The average Bonchev–Trinajstić information content (AvgIpc) is 3.14. The zero-order chi connectivity index (χ0) is 18.2. The molecule has 0 saturated carbocycles. The van der Waals surface area contributed by atoms with Crippen molar-refractivity contribution in [3.63, 3.8) is 0 Å². The predicted molar refractivity (Wildman–Crippen MR) is 124 cm³/mol. The number of guanidine groups is 1. The fraction of sp³-hybridized carbons (Fsp3) is 0.722. The number of nitrogens with one attached hydrogen (secondary N) is 2. The minimum absolute atomic E-state index is 0. The Hall–Kier alpha value is -0.0300. The number of aliphatic hydroxyl groups is 1. The quantitative estimate of drug-likeness (QED) is 0.283. The first-order valence-corrected chi connectivity index (χ1v) is 10.9. The van der Waals surface area contributed by atoms with Gasteiger partial charge in [0.2, 0.25) is 0 Å². The van der Waals surface area contributed by atoms with Crippen LogP contribution in [0.5, 0.6) is 0 Å². The molecule has 1 atom stereocenters. The predicted octanol–water partition coefficient (Wildman–Crippen LogP) is 3.43. The highest BCUT2D eigenvalue weighted by Gasteiger charge is 2.33. The lowest BCUT2D eigenvalue weighted by Crippen LogP contribution is -2.48. The number of thioether (sulfide) groups is 1. The average molecular weight is 514 g/mol. The Labute approximate surface area is 182 Å². The molecule has 150 valence electrons. The SMILES string of the molecule is CCNC(=NCC(C)(O)c1ccsc1)NCC1(SCC)CCOCC1.I. The van der Waals surface area contributed by atoms with Crippen LogP contribution in [0.1, 0.15) is 39.2 Å². The molecule has 2 rings (SSSR count). The Morgan fingerprint density at radius 1 is 1.38 bits per heavy atom. The van der Waals surface area contributed by atoms with Crippen LogP contribution in [0, 0.1) is 0 Å². The van der Waals surface area contributed by atoms with Crippen LogP contribution in [0.15, 0.2) is 21.8 Å². The third-order valence-electron chi connectivity index (χ3n) is 4.46. The second-order valence-corrected chi connectivity index (χ2v) is 9.08. The maximum absolute atomic E-state index is 10.7. The molecule has 0 bridgehead atoms. The van der Waals surface area contributed by atoms with E-state index in [-0.39, 0.29) is 28.7 Å². The summed E-state index contributed by atoms with van der Waals surface area (Å²) in [4.78, 5) is 4.63. The van der Waals surface area contributed by atoms with Crippen LogP contribution in [0.2, 0.25) is 0 Å². The molecular weight excluding hydrogens is 481 g/mol. The maximum atomic E-state index is 10.7. The van der Waals surface area contributed by atoms with Gasteiger partial charge in [0.1, 0.15) is 5.60 Å². The smallest absolute Gasteiger partial charge is 0.191 e. The van der Waals surface area contributed by atoms with Gasteiger partial charge in [-0.25, -0.2) is 4.99 Å². The van der Waals surface area contributed by atoms with Crippen LogP contribution in [-0.2, 0) is 10.3 Å². The normalized spacial score (nSPS) is 19.3. The molecule has 1 saturated heterocycles. The van der Waals surface area contributed by atoms with E-state index in [0.29, 0.717) is 6.54 Å². The van der Waals surface area contributed by atoms with Gasteiger partial charge < -0.3 is 20.5 Å². The van der Waals surface area contributed by atoms with Crippen molar-refractivity contribution in [2.45, 2.75) is 44.0 Å². The van der Waals surface area contributed by atoms with Gasteiger partial charge in [-0.3, -0.25) is 0 Å². The van der Waals surface area contributed by atoms with E-state index in [2.05, 4.69) is 29.5 Å². The molecule has 8 heteroatoms. The highest BCUT2D eigenvalue weighted by Crippen LogP contribution is 2.34. The molecule has 0 amide bonds. The van der Waals surface area contributed by atoms with E-state index in [1.165, 1.54) is 0 Å². The Balaban J connectivity index is 0.00000338. The summed E-state index contributed by atoms with van der Waals surface area (Å²) in [7, 11) is 0. The molecule has 0 radical (unpaired) electrons. The highest BCUT2D eigenvalue weighted by molar-refractivity contribution is 14.0. The molecule has 1 aromatic rings. The molecule has 0 aliphatic carbocycles. The number of nitrogens with zero attached hydrogens (tertiary/aromatic N) is 1.